The summed E-state index contributed by atoms with van der Waals surface area (Å²) in [6.07, 6.45) is 1.64. The summed E-state index contributed by atoms with van der Waals surface area (Å²) >= 11 is 5.93. The maximum atomic E-state index is 12.9. The third kappa shape index (κ3) is 2.86. The predicted molar refractivity (Wildman–Crippen MR) is 65.8 cm³/mol. The molecule has 96 valence electrons. The first-order valence-corrected chi connectivity index (χ1v) is 5.81. The lowest BCUT2D eigenvalue weighted by Gasteiger charge is -2.11. The second-order valence-electron chi connectivity index (χ2n) is 4.60. The van der Waals surface area contributed by atoms with Crippen LogP contribution in [0.5, 0.6) is 0 Å². The van der Waals surface area contributed by atoms with E-state index in [4.69, 9.17) is 11.6 Å². The van der Waals surface area contributed by atoms with Gasteiger partial charge in [-0.25, -0.2) is 9.07 Å². The maximum absolute atomic E-state index is 12.9. The van der Waals surface area contributed by atoms with Crippen molar-refractivity contribution in [1.82, 2.24) is 15.0 Å². The van der Waals surface area contributed by atoms with Crippen molar-refractivity contribution in [2.45, 2.75) is 26.0 Å². The van der Waals surface area contributed by atoms with Gasteiger partial charge in [0.05, 0.1) is 12.7 Å². The van der Waals surface area contributed by atoms with Crippen LogP contribution < -0.4 is 0 Å². The third-order valence-electron chi connectivity index (χ3n) is 2.51. The average Bonchev–Trinajstić information content (AvgIpc) is 2.70. The quantitative estimate of drug-likeness (QED) is 0.931. The SMILES string of the molecule is CC(C)(O)c1cn(Cc2ccc(F)cc2Cl)nn1. The van der Waals surface area contributed by atoms with Crippen molar-refractivity contribution < 1.29 is 9.50 Å². The fraction of sp³-hybridized carbons (Fsp3) is 0.333. The van der Waals surface area contributed by atoms with Crippen LogP contribution in [0, 0.1) is 5.82 Å². The molecule has 0 aliphatic carbocycles. The van der Waals surface area contributed by atoms with Crippen LogP contribution >= 0.6 is 11.6 Å². The Morgan fingerprint density at radius 1 is 1.44 bits per heavy atom. The molecule has 0 fully saturated rings. The van der Waals surface area contributed by atoms with Gasteiger partial charge < -0.3 is 5.11 Å². The average molecular weight is 270 g/mol. The van der Waals surface area contributed by atoms with Crippen LogP contribution in [0.2, 0.25) is 5.02 Å². The van der Waals surface area contributed by atoms with E-state index < -0.39 is 5.60 Å². The largest absolute Gasteiger partial charge is 0.384 e. The molecule has 1 N–H and O–H groups in total. The van der Waals surface area contributed by atoms with Crippen LogP contribution in [0.15, 0.2) is 24.4 Å². The number of aliphatic hydroxyl groups is 1. The van der Waals surface area contributed by atoms with Gasteiger partial charge >= 0.3 is 0 Å². The molecular weight excluding hydrogens is 257 g/mol. The lowest BCUT2D eigenvalue weighted by molar-refractivity contribution is 0.0737. The summed E-state index contributed by atoms with van der Waals surface area (Å²) in [5.41, 5.74) is 0.177. The van der Waals surface area contributed by atoms with Crippen molar-refractivity contribution in [3.63, 3.8) is 0 Å². The molecule has 4 nitrogen and oxygen atoms in total. The summed E-state index contributed by atoms with van der Waals surface area (Å²) in [5.74, 6) is -0.375. The lowest BCUT2D eigenvalue weighted by Crippen LogP contribution is -2.15. The van der Waals surface area contributed by atoms with Gasteiger partial charge in [-0.2, -0.15) is 0 Å². The number of halogens is 2. The van der Waals surface area contributed by atoms with E-state index >= 15 is 0 Å². The van der Waals surface area contributed by atoms with Gasteiger partial charge in [-0.05, 0) is 31.5 Å². The molecule has 2 aromatic rings. The highest BCUT2D eigenvalue weighted by Gasteiger charge is 2.20. The van der Waals surface area contributed by atoms with Crippen LogP contribution in [0.25, 0.3) is 0 Å². The number of hydrogen-bond acceptors (Lipinski definition) is 3. The molecule has 0 saturated heterocycles. The number of hydrogen-bond donors (Lipinski definition) is 1. The van der Waals surface area contributed by atoms with Crippen LogP contribution in [0.3, 0.4) is 0 Å². The van der Waals surface area contributed by atoms with E-state index in [1.165, 1.54) is 12.1 Å². The number of aromatic nitrogens is 3. The minimum absolute atomic E-state index is 0.343. The highest BCUT2D eigenvalue weighted by molar-refractivity contribution is 6.31. The van der Waals surface area contributed by atoms with Gasteiger partial charge in [0.15, 0.2) is 0 Å². The standard InChI is InChI=1S/C12H13ClFN3O/c1-12(2,18)11-7-17(16-15-11)6-8-3-4-9(14)5-10(8)13/h3-5,7,18H,6H2,1-2H3. The van der Waals surface area contributed by atoms with E-state index in [0.29, 0.717) is 17.3 Å². The fourth-order valence-electron chi connectivity index (χ4n) is 1.48. The Kier molecular flexibility index (Phi) is 3.36. The molecule has 6 heteroatoms. The van der Waals surface area contributed by atoms with E-state index in [1.54, 1.807) is 30.8 Å². The Balaban J connectivity index is 2.21. The van der Waals surface area contributed by atoms with E-state index in [0.717, 1.165) is 5.56 Å². The second-order valence-corrected chi connectivity index (χ2v) is 5.00. The van der Waals surface area contributed by atoms with E-state index in [9.17, 15) is 9.50 Å². The molecule has 1 aromatic carbocycles. The monoisotopic (exact) mass is 269 g/mol. The van der Waals surface area contributed by atoms with Gasteiger partial charge in [-0.1, -0.05) is 22.9 Å². The van der Waals surface area contributed by atoms with E-state index in [1.807, 2.05) is 0 Å². The summed E-state index contributed by atoms with van der Waals surface area (Å²) in [7, 11) is 0. The molecule has 0 aliphatic heterocycles. The van der Waals surface area contributed by atoms with Crippen LogP contribution in [-0.2, 0) is 12.1 Å². The Bertz CT molecular complexity index is 563. The summed E-state index contributed by atoms with van der Waals surface area (Å²) < 4.78 is 14.4. The maximum Gasteiger partial charge on any atom is 0.124 e. The zero-order chi connectivity index (χ0) is 13.3. The van der Waals surface area contributed by atoms with E-state index in [-0.39, 0.29) is 5.82 Å². The molecule has 0 aliphatic rings. The van der Waals surface area contributed by atoms with Crippen LogP contribution in [0.4, 0.5) is 4.39 Å². The smallest absolute Gasteiger partial charge is 0.124 e. The third-order valence-corrected chi connectivity index (χ3v) is 2.86. The first-order valence-electron chi connectivity index (χ1n) is 5.43. The summed E-state index contributed by atoms with van der Waals surface area (Å²) in [5, 5.41) is 17.9. The summed E-state index contributed by atoms with van der Waals surface area (Å²) in [4.78, 5) is 0. The molecule has 0 spiro atoms. The minimum atomic E-state index is -1.04. The highest BCUT2D eigenvalue weighted by atomic mass is 35.5. The van der Waals surface area contributed by atoms with Crippen LogP contribution in [0.1, 0.15) is 25.1 Å². The van der Waals surface area contributed by atoms with Crippen molar-refractivity contribution in [3.05, 3.63) is 46.5 Å². The van der Waals surface area contributed by atoms with Crippen molar-refractivity contribution in [3.8, 4) is 0 Å². The molecule has 1 aromatic heterocycles. The molecule has 0 radical (unpaired) electrons. The molecule has 1 heterocycles. The van der Waals surface area contributed by atoms with Gasteiger partial charge in [0.25, 0.3) is 0 Å². The molecule has 18 heavy (non-hydrogen) atoms. The molecule has 0 amide bonds. The van der Waals surface area contributed by atoms with Gasteiger partial charge in [-0.15, -0.1) is 5.10 Å². The number of nitrogens with zero attached hydrogens (tertiary/aromatic N) is 3. The lowest BCUT2D eigenvalue weighted by atomic mass is 10.1. The zero-order valence-corrected chi connectivity index (χ0v) is 10.8. The number of benzene rings is 1. The van der Waals surface area contributed by atoms with Gasteiger partial charge in [0.1, 0.15) is 17.1 Å². The number of rotatable bonds is 3. The Morgan fingerprint density at radius 3 is 2.72 bits per heavy atom. The zero-order valence-electron chi connectivity index (χ0n) is 10.1. The first-order chi connectivity index (χ1) is 8.36. The molecule has 0 unspecified atom stereocenters. The molecule has 0 atom stereocenters. The van der Waals surface area contributed by atoms with Gasteiger partial charge in [0.2, 0.25) is 0 Å². The molecule has 0 bridgehead atoms. The minimum Gasteiger partial charge on any atom is -0.384 e. The van der Waals surface area contributed by atoms with E-state index in [2.05, 4.69) is 10.3 Å². The Labute approximate surface area is 109 Å². The summed E-state index contributed by atoms with van der Waals surface area (Å²) in [6.45, 7) is 3.64. The van der Waals surface area contributed by atoms with Crippen molar-refractivity contribution in [2.75, 3.05) is 0 Å². The van der Waals surface area contributed by atoms with Gasteiger partial charge in [0, 0.05) is 5.02 Å². The van der Waals surface area contributed by atoms with Crippen molar-refractivity contribution >= 4 is 11.6 Å². The topological polar surface area (TPSA) is 50.9 Å². The highest BCUT2D eigenvalue weighted by Crippen LogP contribution is 2.20. The Hall–Kier alpha value is -1.46. The predicted octanol–water partition coefficient (Wildman–Crippen LogP) is 2.35. The van der Waals surface area contributed by atoms with Crippen LogP contribution in [-0.4, -0.2) is 20.1 Å². The van der Waals surface area contributed by atoms with Crippen molar-refractivity contribution in [2.24, 2.45) is 0 Å². The summed E-state index contributed by atoms with van der Waals surface area (Å²) in [6, 6.07) is 4.20. The molecule has 2 rings (SSSR count). The molecular formula is C12H13ClFN3O. The van der Waals surface area contributed by atoms with Gasteiger partial charge in [-0.3, -0.25) is 0 Å². The fourth-order valence-corrected chi connectivity index (χ4v) is 1.71. The van der Waals surface area contributed by atoms with Crippen molar-refractivity contribution in [1.29, 1.82) is 0 Å². The Morgan fingerprint density at radius 2 is 2.17 bits per heavy atom. The molecule has 0 saturated carbocycles. The second kappa shape index (κ2) is 4.66. The first kappa shape index (κ1) is 13.0. The normalized spacial score (nSPS) is 11.8.